The molecule has 2 aliphatic carbocycles. The highest BCUT2D eigenvalue weighted by Gasteiger charge is 2.52. The number of ketones is 1. The zero-order valence-electron chi connectivity index (χ0n) is 29.6. The van der Waals surface area contributed by atoms with E-state index in [4.69, 9.17) is 0 Å². The van der Waals surface area contributed by atoms with Gasteiger partial charge in [0.1, 0.15) is 0 Å². The molecule has 0 aliphatic heterocycles. The minimum Gasteiger partial charge on any atom is -0.393 e. The number of aliphatic hydroxyl groups is 2. The van der Waals surface area contributed by atoms with Crippen LogP contribution in [0.5, 0.6) is 0 Å². The molecule has 0 aromatic carbocycles. The molecule has 1 saturated carbocycles. The lowest BCUT2D eigenvalue weighted by Crippen LogP contribution is -2.36. The number of nitrogens with zero attached hydrogens (tertiary/aromatic N) is 1. The molecule has 0 aromatic heterocycles. The van der Waals surface area contributed by atoms with Crippen molar-refractivity contribution in [3.63, 3.8) is 0 Å². The molecule has 0 unspecified atom stereocenters. The van der Waals surface area contributed by atoms with Crippen molar-refractivity contribution in [3.8, 4) is 0 Å². The van der Waals surface area contributed by atoms with E-state index in [-0.39, 0.29) is 28.4 Å². The van der Waals surface area contributed by atoms with Gasteiger partial charge < -0.3 is 10.2 Å². The van der Waals surface area contributed by atoms with Gasteiger partial charge in [0.25, 0.3) is 5.70 Å². The summed E-state index contributed by atoms with van der Waals surface area (Å²) in [7, 11) is 0. The van der Waals surface area contributed by atoms with E-state index < -0.39 is 16.4 Å². The van der Waals surface area contributed by atoms with Crippen LogP contribution in [0.4, 0.5) is 0 Å². The number of allylic oxidation sites excluding steroid dienone is 18. The molecule has 0 saturated heterocycles. The van der Waals surface area contributed by atoms with Gasteiger partial charge in [-0.2, -0.15) is 0 Å². The van der Waals surface area contributed by atoms with Crippen LogP contribution in [0.15, 0.2) is 118 Å². The summed E-state index contributed by atoms with van der Waals surface area (Å²) >= 11 is 0. The Bertz CT molecular complexity index is 1470. The number of carbonyl (C=O) groups excluding carboxylic acids is 1. The Kier molecular flexibility index (Phi) is 13.7. The smallest absolute Gasteiger partial charge is 0.269 e. The van der Waals surface area contributed by atoms with E-state index in [0.717, 1.165) is 23.1 Å². The van der Waals surface area contributed by atoms with E-state index in [1.54, 1.807) is 31.2 Å². The number of aliphatic hydroxyl groups excluding tert-OH is 2. The number of hydrogen-bond acceptors (Lipinski definition) is 5. The number of nitro groups is 1. The van der Waals surface area contributed by atoms with Gasteiger partial charge in [0.05, 0.1) is 17.1 Å². The van der Waals surface area contributed by atoms with E-state index in [1.807, 2.05) is 71.9 Å². The first-order valence-electron chi connectivity index (χ1n) is 16.2. The molecule has 3 atom stereocenters. The fraction of sp³-hybridized carbons (Fsp3) is 0.475. The Morgan fingerprint density at radius 1 is 0.761 bits per heavy atom. The van der Waals surface area contributed by atoms with Crippen LogP contribution < -0.4 is 0 Å². The van der Waals surface area contributed by atoms with E-state index in [2.05, 4.69) is 32.9 Å². The molecule has 0 radical (unpaired) electrons. The summed E-state index contributed by atoms with van der Waals surface area (Å²) in [4.78, 5) is 24.3. The zero-order chi connectivity index (χ0) is 34.9. The molecular formula is C40H55NO5. The molecule has 2 N–H and O–H groups in total. The SMILES string of the molecule is CC1=C(/C=C/C(C)=C/C=C/C(C)=C/C=C(\C=C(C)/C=C/C=C(C)/C=C/C(=O)[C@]2(C)C[C@@H](O)CC2(C)C)[N+](=O)[O-])C(C)(C)C[C@H](O)C1. The third-order valence-electron chi connectivity index (χ3n) is 9.45. The Morgan fingerprint density at radius 2 is 1.33 bits per heavy atom. The summed E-state index contributed by atoms with van der Waals surface area (Å²) < 4.78 is 0. The summed E-state index contributed by atoms with van der Waals surface area (Å²) in [6.45, 7) is 20.0. The summed E-state index contributed by atoms with van der Waals surface area (Å²) in [5.74, 6) is 0.0118. The first-order valence-corrected chi connectivity index (χ1v) is 16.2. The summed E-state index contributed by atoms with van der Waals surface area (Å²) in [5, 5.41) is 31.9. The van der Waals surface area contributed by atoms with E-state index in [1.165, 1.54) is 23.3 Å². The van der Waals surface area contributed by atoms with Crippen molar-refractivity contribution in [2.75, 3.05) is 0 Å². The van der Waals surface area contributed by atoms with Crippen molar-refractivity contribution in [2.24, 2.45) is 16.2 Å². The van der Waals surface area contributed by atoms with Crippen LogP contribution >= 0.6 is 0 Å². The number of carbonyl (C=O) groups is 1. The van der Waals surface area contributed by atoms with E-state index in [0.29, 0.717) is 24.8 Å². The van der Waals surface area contributed by atoms with Crippen LogP contribution in [-0.2, 0) is 4.79 Å². The third-order valence-corrected chi connectivity index (χ3v) is 9.45. The zero-order valence-corrected chi connectivity index (χ0v) is 29.6. The number of rotatable bonds is 12. The molecule has 0 aromatic rings. The van der Waals surface area contributed by atoms with Crippen LogP contribution in [0.25, 0.3) is 0 Å². The van der Waals surface area contributed by atoms with Gasteiger partial charge in [-0.15, -0.1) is 0 Å². The average Bonchev–Trinajstić information content (AvgIpc) is 3.14. The summed E-state index contributed by atoms with van der Waals surface area (Å²) in [5.41, 5.74) is 5.08. The maximum absolute atomic E-state index is 13.0. The maximum Gasteiger partial charge on any atom is 0.269 e. The van der Waals surface area contributed by atoms with Gasteiger partial charge in [-0.05, 0) is 88.4 Å². The van der Waals surface area contributed by atoms with Crippen LogP contribution in [0.3, 0.4) is 0 Å². The molecule has 2 aliphatic rings. The van der Waals surface area contributed by atoms with Crippen molar-refractivity contribution in [3.05, 3.63) is 128 Å². The lowest BCUT2D eigenvalue weighted by molar-refractivity contribution is -0.419. The third kappa shape index (κ3) is 11.0. The Balaban J connectivity index is 2.05. The fourth-order valence-corrected chi connectivity index (χ4v) is 6.38. The molecule has 0 spiro atoms. The summed E-state index contributed by atoms with van der Waals surface area (Å²) in [6, 6.07) is 0. The first-order chi connectivity index (χ1) is 21.3. The van der Waals surface area contributed by atoms with Crippen molar-refractivity contribution in [1.82, 2.24) is 0 Å². The molecule has 2 rings (SSSR count). The molecule has 0 amide bonds. The Labute approximate surface area is 276 Å². The molecule has 250 valence electrons. The fourth-order valence-electron chi connectivity index (χ4n) is 6.38. The topological polar surface area (TPSA) is 101 Å². The highest BCUT2D eigenvalue weighted by atomic mass is 16.6. The highest BCUT2D eigenvalue weighted by molar-refractivity contribution is 5.95. The van der Waals surface area contributed by atoms with Gasteiger partial charge >= 0.3 is 0 Å². The van der Waals surface area contributed by atoms with Gasteiger partial charge in [-0.25, -0.2) is 0 Å². The van der Waals surface area contributed by atoms with Gasteiger partial charge in [0.15, 0.2) is 5.78 Å². The number of hydrogen-bond donors (Lipinski definition) is 2. The molecule has 0 heterocycles. The predicted molar refractivity (Wildman–Crippen MR) is 191 cm³/mol. The van der Waals surface area contributed by atoms with Gasteiger partial charge in [0.2, 0.25) is 0 Å². The average molecular weight is 630 g/mol. The van der Waals surface area contributed by atoms with Crippen LogP contribution in [-0.4, -0.2) is 33.1 Å². The van der Waals surface area contributed by atoms with Crippen LogP contribution in [0.2, 0.25) is 0 Å². The molecule has 0 bridgehead atoms. The molecular weight excluding hydrogens is 574 g/mol. The highest BCUT2D eigenvalue weighted by Crippen LogP contribution is 2.53. The van der Waals surface area contributed by atoms with Crippen molar-refractivity contribution in [1.29, 1.82) is 0 Å². The van der Waals surface area contributed by atoms with Crippen molar-refractivity contribution in [2.45, 2.75) is 107 Å². The standard InChI is InChI=1S/C40H55NO5/c1-28(13-11-14-29(2)18-21-36-32(5)24-34(42)25-38(36,6)7)17-20-33(41(45)46)23-31(4)16-12-15-30(3)19-22-37(44)40(10)27-35(43)26-39(40,8)9/h11-23,34-35,42-43H,24-27H2,1-10H3/b13-11+,16-12+,21-18+,22-19+,28-17+,29-14+,30-15+,31-23-,33-20+/t34-,35+,40+/m1/s1. The second-order valence-corrected chi connectivity index (χ2v) is 14.6. The second-order valence-electron chi connectivity index (χ2n) is 14.6. The quantitative estimate of drug-likeness (QED) is 0.0969. The maximum atomic E-state index is 13.0. The monoisotopic (exact) mass is 629 g/mol. The van der Waals surface area contributed by atoms with Gasteiger partial charge in [-0.1, -0.05) is 118 Å². The van der Waals surface area contributed by atoms with Crippen LogP contribution in [0, 0.1) is 26.4 Å². The normalized spacial score (nSPS) is 26.8. The Hall–Kier alpha value is -3.61. The largest absolute Gasteiger partial charge is 0.393 e. The van der Waals surface area contributed by atoms with Crippen molar-refractivity contribution < 1.29 is 19.9 Å². The lowest BCUT2D eigenvalue weighted by atomic mass is 9.66. The minimum absolute atomic E-state index is 0.0118. The summed E-state index contributed by atoms with van der Waals surface area (Å²) in [6.07, 6.45) is 25.5. The molecule has 46 heavy (non-hydrogen) atoms. The molecule has 6 nitrogen and oxygen atoms in total. The predicted octanol–water partition coefficient (Wildman–Crippen LogP) is 9.41. The van der Waals surface area contributed by atoms with Gasteiger partial charge in [0, 0.05) is 17.6 Å². The lowest BCUT2D eigenvalue weighted by Gasteiger charge is -2.35. The van der Waals surface area contributed by atoms with Gasteiger partial charge in [-0.3, -0.25) is 14.9 Å². The van der Waals surface area contributed by atoms with E-state index >= 15 is 0 Å². The van der Waals surface area contributed by atoms with E-state index in [9.17, 15) is 25.1 Å². The van der Waals surface area contributed by atoms with Crippen LogP contribution in [0.1, 0.15) is 94.9 Å². The molecule has 1 fully saturated rings. The molecule has 6 heteroatoms. The minimum atomic E-state index is -0.602. The Morgan fingerprint density at radius 3 is 1.87 bits per heavy atom. The second kappa shape index (κ2) is 16.3. The first kappa shape index (κ1) is 38.6. The van der Waals surface area contributed by atoms with Crippen molar-refractivity contribution >= 4 is 5.78 Å².